The Hall–Kier alpha value is -1.86. The van der Waals surface area contributed by atoms with Crippen LogP contribution < -0.4 is 0 Å². The molecule has 0 amide bonds. The van der Waals surface area contributed by atoms with Gasteiger partial charge in [-0.25, -0.2) is 0 Å². The first-order valence-electron chi connectivity index (χ1n) is 6.82. The van der Waals surface area contributed by atoms with Gasteiger partial charge in [0.2, 0.25) is 7.37 Å². The van der Waals surface area contributed by atoms with Crippen LogP contribution in [0.4, 0.5) is 13.2 Å². The van der Waals surface area contributed by atoms with Crippen molar-refractivity contribution in [3.8, 4) is 0 Å². The number of hydrogen-bond donors (Lipinski definition) is 3. The molecule has 3 N–H and O–H groups in total. The molecule has 0 aliphatic heterocycles. The van der Waals surface area contributed by atoms with Crippen molar-refractivity contribution in [3.63, 3.8) is 0 Å². The second-order valence-corrected chi connectivity index (χ2v) is 7.72. The third-order valence-electron chi connectivity index (χ3n) is 3.27. The van der Waals surface area contributed by atoms with Gasteiger partial charge < -0.3 is 15.1 Å². The van der Waals surface area contributed by atoms with Crippen LogP contribution in [0.2, 0.25) is 0 Å². The van der Waals surface area contributed by atoms with E-state index in [0.717, 1.165) is 24.3 Å². The van der Waals surface area contributed by atoms with Gasteiger partial charge in [-0.3, -0.25) is 14.2 Å². The standard InChI is InChI=1S/C14H16F3O6P/c15-14(16,17)11-4-1-9(2-5-11)7-24(22,23)8-10(13(20)21)3-6-12(18)19/h1-2,4-5,10H,3,6-8H2,(H,18,19)(H,20,21)(H,22,23). The number of rotatable bonds is 8. The van der Waals surface area contributed by atoms with Crippen LogP contribution >= 0.6 is 7.37 Å². The van der Waals surface area contributed by atoms with E-state index in [4.69, 9.17) is 10.2 Å². The van der Waals surface area contributed by atoms with Crippen molar-refractivity contribution >= 4 is 19.3 Å². The first-order valence-corrected chi connectivity index (χ1v) is 8.85. The molecule has 0 aliphatic rings. The van der Waals surface area contributed by atoms with Crippen LogP contribution in [0.15, 0.2) is 24.3 Å². The van der Waals surface area contributed by atoms with E-state index in [1.54, 1.807) is 0 Å². The highest BCUT2D eigenvalue weighted by Crippen LogP contribution is 2.47. The molecular weight excluding hydrogens is 352 g/mol. The smallest absolute Gasteiger partial charge is 0.416 e. The van der Waals surface area contributed by atoms with Gasteiger partial charge in [0.25, 0.3) is 0 Å². The fraction of sp³-hybridized carbons (Fsp3) is 0.429. The molecule has 134 valence electrons. The van der Waals surface area contributed by atoms with E-state index in [0.29, 0.717) is 0 Å². The molecule has 10 heteroatoms. The molecule has 0 saturated carbocycles. The minimum Gasteiger partial charge on any atom is -0.481 e. The van der Waals surface area contributed by atoms with E-state index in [9.17, 15) is 32.2 Å². The van der Waals surface area contributed by atoms with E-state index in [-0.39, 0.29) is 12.0 Å². The topological polar surface area (TPSA) is 112 Å². The number of aliphatic carboxylic acids is 2. The molecule has 0 fully saturated rings. The Kier molecular flexibility index (Phi) is 6.57. The van der Waals surface area contributed by atoms with Gasteiger partial charge >= 0.3 is 18.1 Å². The van der Waals surface area contributed by atoms with Crippen LogP contribution in [0.25, 0.3) is 0 Å². The Bertz CT molecular complexity index is 641. The van der Waals surface area contributed by atoms with Crippen molar-refractivity contribution in [1.82, 2.24) is 0 Å². The maximum Gasteiger partial charge on any atom is 0.416 e. The fourth-order valence-electron chi connectivity index (χ4n) is 2.08. The van der Waals surface area contributed by atoms with Gasteiger partial charge in [-0.1, -0.05) is 12.1 Å². The third kappa shape index (κ3) is 6.72. The van der Waals surface area contributed by atoms with Crippen molar-refractivity contribution in [2.24, 2.45) is 5.92 Å². The summed E-state index contributed by atoms with van der Waals surface area (Å²) in [6.07, 6.45) is -6.41. The zero-order valence-electron chi connectivity index (χ0n) is 12.4. The summed E-state index contributed by atoms with van der Waals surface area (Å²) in [4.78, 5) is 31.4. The molecule has 2 atom stereocenters. The van der Waals surface area contributed by atoms with Gasteiger partial charge in [-0.15, -0.1) is 0 Å². The lowest BCUT2D eigenvalue weighted by molar-refractivity contribution is -0.142. The summed E-state index contributed by atoms with van der Waals surface area (Å²) in [5, 5.41) is 17.5. The lowest BCUT2D eigenvalue weighted by Gasteiger charge is -2.17. The highest BCUT2D eigenvalue weighted by molar-refractivity contribution is 7.57. The monoisotopic (exact) mass is 368 g/mol. The molecule has 6 nitrogen and oxygen atoms in total. The molecule has 1 aromatic carbocycles. The zero-order valence-corrected chi connectivity index (χ0v) is 13.3. The van der Waals surface area contributed by atoms with E-state index in [2.05, 4.69) is 0 Å². The minimum absolute atomic E-state index is 0.163. The number of halogens is 3. The van der Waals surface area contributed by atoms with E-state index in [1.165, 1.54) is 0 Å². The lowest BCUT2D eigenvalue weighted by Crippen LogP contribution is -2.20. The SMILES string of the molecule is O=C(O)CCC(CP(=O)(O)Cc1ccc(C(F)(F)F)cc1)C(=O)O. The van der Waals surface area contributed by atoms with Crippen LogP contribution in [-0.2, 0) is 26.5 Å². The molecule has 0 heterocycles. The molecule has 2 unspecified atom stereocenters. The first-order chi connectivity index (χ1) is 10.9. The summed E-state index contributed by atoms with van der Waals surface area (Å²) in [7, 11) is -4.00. The Morgan fingerprint density at radius 3 is 2.08 bits per heavy atom. The fourth-order valence-corrected chi connectivity index (χ4v) is 4.02. The molecule has 1 aromatic rings. The summed E-state index contributed by atoms with van der Waals surface area (Å²) in [6, 6.07) is 3.65. The molecule has 0 aromatic heterocycles. The second-order valence-electron chi connectivity index (χ2n) is 5.35. The van der Waals surface area contributed by atoms with Crippen LogP contribution in [0.5, 0.6) is 0 Å². The van der Waals surface area contributed by atoms with Crippen molar-refractivity contribution in [1.29, 1.82) is 0 Å². The maximum atomic E-state index is 12.5. The highest BCUT2D eigenvalue weighted by Gasteiger charge is 2.31. The number of benzene rings is 1. The van der Waals surface area contributed by atoms with Crippen molar-refractivity contribution in [3.05, 3.63) is 35.4 Å². The summed E-state index contributed by atoms with van der Waals surface area (Å²) in [6.45, 7) is 0. The molecule has 0 radical (unpaired) electrons. The molecular formula is C14H16F3O6P. The average molecular weight is 368 g/mol. The molecule has 1 rings (SSSR count). The minimum atomic E-state index is -4.52. The molecule has 24 heavy (non-hydrogen) atoms. The molecule has 0 spiro atoms. The largest absolute Gasteiger partial charge is 0.481 e. The lowest BCUT2D eigenvalue weighted by atomic mass is 10.1. The van der Waals surface area contributed by atoms with Gasteiger partial charge in [0.05, 0.1) is 11.5 Å². The Labute approximate surface area is 135 Å². The van der Waals surface area contributed by atoms with Crippen LogP contribution in [-0.4, -0.2) is 33.2 Å². The van der Waals surface area contributed by atoms with Crippen molar-refractivity contribution < 1.29 is 42.4 Å². The van der Waals surface area contributed by atoms with Crippen molar-refractivity contribution in [2.45, 2.75) is 25.2 Å². The number of carboxylic acids is 2. The summed E-state index contributed by atoms with van der Waals surface area (Å²) < 4.78 is 49.5. The Morgan fingerprint density at radius 1 is 1.12 bits per heavy atom. The molecule has 0 saturated heterocycles. The normalized spacial score (nSPS) is 15.5. The van der Waals surface area contributed by atoms with E-state index in [1.807, 2.05) is 0 Å². The quantitative estimate of drug-likeness (QED) is 0.608. The second kappa shape index (κ2) is 7.81. The first kappa shape index (κ1) is 20.2. The van der Waals surface area contributed by atoms with Gasteiger partial charge in [-0.05, 0) is 24.1 Å². The predicted molar refractivity (Wildman–Crippen MR) is 77.8 cm³/mol. The number of carboxylic acid groups (broad SMARTS) is 2. The predicted octanol–water partition coefficient (Wildman–Crippen LogP) is 3.04. The Balaban J connectivity index is 2.78. The summed E-state index contributed by atoms with van der Waals surface area (Å²) in [5.41, 5.74) is -0.736. The van der Waals surface area contributed by atoms with Crippen molar-refractivity contribution in [2.75, 3.05) is 6.16 Å². The summed E-state index contributed by atoms with van der Waals surface area (Å²) >= 11 is 0. The summed E-state index contributed by atoms with van der Waals surface area (Å²) in [5.74, 6) is -3.93. The third-order valence-corrected chi connectivity index (χ3v) is 5.14. The van der Waals surface area contributed by atoms with Crippen LogP contribution in [0, 0.1) is 5.92 Å². The van der Waals surface area contributed by atoms with Gasteiger partial charge in [0, 0.05) is 18.7 Å². The average Bonchev–Trinajstić information content (AvgIpc) is 2.42. The van der Waals surface area contributed by atoms with Gasteiger partial charge in [-0.2, -0.15) is 13.2 Å². The number of carbonyl (C=O) groups is 2. The maximum absolute atomic E-state index is 12.5. The van der Waals surface area contributed by atoms with Crippen LogP contribution in [0.3, 0.4) is 0 Å². The number of hydrogen-bond acceptors (Lipinski definition) is 3. The highest BCUT2D eigenvalue weighted by atomic mass is 31.2. The van der Waals surface area contributed by atoms with E-state index < -0.39 is 55.7 Å². The Morgan fingerprint density at radius 2 is 1.67 bits per heavy atom. The van der Waals surface area contributed by atoms with Gasteiger partial charge in [0.1, 0.15) is 0 Å². The molecule has 0 bridgehead atoms. The van der Waals surface area contributed by atoms with E-state index >= 15 is 0 Å². The van der Waals surface area contributed by atoms with Gasteiger partial charge in [0.15, 0.2) is 0 Å². The van der Waals surface area contributed by atoms with Crippen LogP contribution in [0.1, 0.15) is 24.0 Å². The zero-order chi connectivity index (χ0) is 18.5. The number of alkyl halides is 3. The molecule has 0 aliphatic carbocycles.